The number of rotatable bonds is 15. The van der Waals surface area contributed by atoms with E-state index in [1.165, 1.54) is 26.7 Å². The second-order valence-electron chi connectivity index (χ2n) is 44.4. The summed E-state index contributed by atoms with van der Waals surface area (Å²) in [6.07, 6.45) is 9.78. The number of alkyl halides is 11. The van der Waals surface area contributed by atoms with Crippen LogP contribution in [0, 0.1) is 65.0 Å². The Kier molecular flexibility index (Phi) is 49.6. The van der Waals surface area contributed by atoms with E-state index in [1.54, 1.807) is 27.7 Å². The van der Waals surface area contributed by atoms with Crippen LogP contribution in [0.25, 0.3) is 0 Å². The van der Waals surface area contributed by atoms with E-state index in [4.69, 9.17) is 4.74 Å². The summed E-state index contributed by atoms with van der Waals surface area (Å²) >= 11 is 0. The first-order valence-electron chi connectivity index (χ1n) is 37.5. The summed E-state index contributed by atoms with van der Waals surface area (Å²) in [4.78, 5) is 0. The van der Waals surface area contributed by atoms with Crippen molar-refractivity contribution in [1.29, 1.82) is 0 Å². The zero-order valence-corrected chi connectivity index (χ0v) is 73.7. The van der Waals surface area contributed by atoms with Crippen molar-refractivity contribution in [3.63, 3.8) is 0 Å². The van der Waals surface area contributed by atoms with Crippen LogP contribution in [0.4, 0.5) is 48.3 Å². The van der Waals surface area contributed by atoms with E-state index in [1.807, 2.05) is 90.0 Å². The SMILES string of the molecule is CC(C)(C)CC(C)(C)C.CC(C)(C)CC(C)(F)F.CC(C)(C)CC1(C)COC1.CC(C)(C)CC1(F)CC1.CCC(F)(F)CC(C)(C)C.CCC(F)(F)CC(C)(C)C.CC[C@@](C)(F)CC(C)(C)C.CC[C@@](C)(F)CC(C)(C)C.CC[C@](C)(F)CC(C)(C)C.CC[C@](C)(F)CC(C)(C)C. The van der Waals surface area contributed by atoms with Gasteiger partial charge < -0.3 is 4.74 Å². The molecule has 1 aliphatic carbocycles. The van der Waals surface area contributed by atoms with Crippen LogP contribution in [0.5, 0.6) is 0 Å². The molecule has 1 aliphatic heterocycles. The molecule has 2 fully saturated rings. The van der Waals surface area contributed by atoms with E-state index in [0.717, 1.165) is 39.4 Å². The molecule has 4 atom stereocenters. The molecule has 2 aliphatic rings. The zero-order valence-electron chi connectivity index (χ0n) is 73.7. The van der Waals surface area contributed by atoms with Gasteiger partial charge in [0.05, 0.1) is 13.2 Å². The molecule has 0 radical (unpaired) electrons. The highest BCUT2D eigenvalue weighted by atomic mass is 19.3. The van der Waals surface area contributed by atoms with Gasteiger partial charge >= 0.3 is 0 Å². The minimum atomic E-state index is -2.52. The van der Waals surface area contributed by atoms with Crippen molar-refractivity contribution >= 4 is 0 Å². The van der Waals surface area contributed by atoms with Gasteiger partial charge in [0.15, 0.2) is 0 Å². The average Bonchev–Trinajstić information content (AvgIpc) is 1.82. The predicted molar refractivity (Wildman–Crippen MR) is 412 cm³/mol. The maximum atomic E-state index is 13.3. The minimum absolute atomic E-state index is 0.0174. The quantitative estimate of drug-likeness (QED) is 0.149. The van der Waals surface area contributed by atoms with Crippen molar-refractivity contribution in [2.24, 2.45) is 65.0 Å². The van der Waals surface area contributed by atoms with Crippen LogP contribution in [-0.4, -0.2) is 59.3 Å². The summed E-state index contributed by atoms with van der Waals surface area (Å²) in [5.41, 5.74) is -2.93. The molecular weight excluding hydrogens is 1250 g/mol. The molecule has 0 N–H and O–H groups in total. The average molecular weight is 1420 g/mol. The molecule has 0 aromatic heterocycles. The van der Waals surface area contributed by atoms with Gasteiger partial charge in [-0.05, 0) is 178 Å². The normalized spacial score (nSPS) is 17.8. The van der Waals surface area contributed by atoms with Crippen LogP contribution < -0.4 is 0 Å². The Morgan fingerprint density at radius 2 is 0.433 bits per heavy atom. The van der Waals surface area contributed by atoms with Crippen molar-refractivity contribution in [1.82, 2.24) is 0 Å². The Hall–Kier alpha value is -0.810. The molecule has 97 heavy (non-hydrogen) atoms. The van der Waals surface area contributed by atoms with E-state index in [-0.39, 0.29) is 75.4 Å². The number of halogens is 11. The molecule has 1 heterocycles. The van der Waals surface area contributed by atoms with Gasteiger partial charge in [0.2, 0.25) is 17.8 Å². The van der Waals surface area contributed by atoms with Gasteiger partial charge in [-0.3, -0.25) is 0 Å². The summed E-state index contributed by atoms with van der Waals surface area (Å²) in [5.74, 6) is -7.46. The molecule has 0 amide bonds. The van der Waals surface area contributed by atoms with Gasteiger partial charge in [-0.1, -0.05) is 277 Å². The fourth-order valence-electron chi connectivity index (χ4n) is 12.3. The minimum Gasteiger partial charge on any atom is -0.380 e. The molecule has 1 nitrogen and oxygen atoms in total. The van der Waals surface area contributed by atoms with Gasteiger partial charge in [-0.25, -0.2) is 48.3 Å². The highest BCUT2D eigenvalue weighted by Crippen LogP contribution is 2.48. The summed E-state index contributed by atoms with van der Waals surface area (Å²) in [6, 6.07) is 0. The van der Waals surface area contributed by atoms with Crippen LogP contribution in [0.2, 0.25) is 0 Å². The Balaban J connectivity index is -0.000000151. The monoisotopic (exact) mass is 1420 g/mol. The van der Waals surface area contributed by atoms with Crippen molar-refractivity contribution in [2.75, 3.05) is 13.2 Å². The van der Waals surface area contributed by atoms with Gasteiger partial charge in [0, 0.05) is 37.5 Å². The Bertz CT molecular complexity index is 1570. The van der Waals surface area contributed by atoms with E-state index in [0.29, 0.717) is 73.0 Å². The first-order valence-corrected chi connectivity index (χ1v) is 37.5. The number of ether oxygens (including phenoxy) is 1. The molecule has 0 aromatic rings. The molecule has 598 valence electrons. The van der Waals surface area contributed by atoms with Crippen LogP contribution in [0.15, 0.2) is 0 Å². The molecule has 0 spiro atoms. The summed E-state index contributed by atoms with van der Waals surface area (Å²) < 4.78 is 146. The molecule has 1 saturated heterocycles. The zero-order chi connectivity index (χ0) is 80.8. The van der Waals surface area contributed by atoms with E-state index >= 15 is 0 Å². The predicted octanol–water partition coefficient (Wildman–Crippen LogP) is 33.1. The second-order valence-corrected chi connectivity index (χ2v) is 44.4. The Morgan fingerprint density at radius 3 is 0.474 bits per heavy atom. The molecule has 2 rings (SSSR count). The Labute approximate surface area is 601 Å². The third kappa shape index (κ3) is 102. The molecule has 0 unspecified atom stereocenters. The largest absolute Gasteiger partial charge is 0.380 e. The van der Waals surface area contributed by atoms with Crippen LogP contribution >= 0.6 is 0 Å². The van der Waals surface area contributed by atoms with Crippen molar-refractivity contribution in [2.45, 2.75) is 473 Å². The molecule has 0 aromatic carbocycles. The fraction of sp³-hybridized carbons (Fsp3) is 1.00. The molecule has 12 heteroatoms. The maximum Gasteiger partial charge on any atom is 0.248 e. The van der Waals surface area contributed by atoms with Gasteiger partial charge in [0.1, 0.15) is 28.3 Å². The lowest BCUT2D eigenvalue weighted by Crippen LogP contribution is -2.42. The van der Waals surface area contributed by atoms with Gasteiger partial charge in [-0.15, -0.1) is 0 Å². The van der Waals surface area contributed by atoms with Crippen molar-refractivity contribution < 1.29 is 53.0 Å². The number of hydrogen-bond acceptors (Lipinski definition) is 1. The standard InChI is InChI=1S/4C9H19F.C9H18O.C9H20.2C8H16F2.C8H15F.C7H14F2/c4*1-6-9(5,10)7-8(2,3)4;1-8(2,3)5-9(4)6-10-7-9;1-8(2,3)7-9(4,5)6;2*1-5-8(9,10)6-7(2,3)4;1-7(2,3)6-8(9)4-5-8;1-6(2,3)5-7(4,8)9/h4*6-7H2,1-5H3;5-7H2,1-4H3;7H2,1-6H3;2*5-6H2,1-4H3;4-6H2,1-3H3;5H2,1-4H3/t4*9-;;;;;;/m1100....../s1. The van der Waals surface area contributed by atoms with E-state index < -0.39 is 46.1 Å². The van der Waals surface area contributed by atoms with Crippen LogP contribution in [-0.2, 0) is 4.74 Å². The van der Waals surface area contributed by atoms with E-state index in [2.05, 4.69) is 173 Å². The molecular formula is C85H175F11O. The lowest BCUT2D eigenvalue weighted by molar-refractivity contribution is -0.119. The smallest absolute Gasteiger partial charge is 0.248 e. The third-order valence-electron chi connectivity index (χ3n) is 14.6. The number of hydrogen-bond donors (Lipinski definition) is 0. The highest BCUT2D eigenvalue weighted by molar-refractivity contribution is 4.97. The highest BCUT2D eigenvalue weighted by Gasteiger charge is 2.45. The van der Waals surface area contributed by atoms with Crippen molar-refractivity contribution in [3.05, 3.63) is 0 Å². The van der Waals surface area contributed by atoms with Crippen LogP contribution in [0.1, 0.15) is 427 Å². The van der Waals surface area contributed by atoms with Gasteiger partial charge in [0.25, 0.3) is 0 Å². The van der Waals surface area contributed by atoms with E-state index in [9.17, 15) is 48.3 Å². The fourth-order valence-corrected chi connectivity index (χ4v) is 12.3. The van der Waals surface area contributed by atoms with Crippen LogP contribution in [0.3, 0.4) is 0 Å². The van der Waals surface area contributed by atoms with Crippen molar-refractivity contribution in [3.8, 4) is 0 Å². The first-order chi connectivity index (χ1) is 41.3. The van der Waals surface area contributed by atoms with Gasteiger partial charge in [-0.2, -0.15) is 0 Å². The first kappa shape index (κ1) is 112. The summed E-state index contributed by atoms with van der Waals surface area (Å²) in [7, 11) is 0. The maximum absolute atomic E-state index is 13.3. The lowest BCUT2D eigenvalue weighted by Gasteiger charge is -2.42. The Morgan fingerprint density at radius 1 is 0.247 bits per heavy atom. The second kappa shape index (κ2) is 43.0. The topological polar surface area (TPSA) is 9.23 Å². The summed E-state index contributed by atoms with van der Waals surface area (Å²) in [5, 5.41) is 0. The summed E-state index contributed by atoms with van der Waals surface area (Å²) in [6.45, 7) is 90.6. The lowest BCUT2D eigenvalue weighted by atomic mass is 9.74. The molecule has 0 bridgehead atoms. The third-order valence-corrected chi connectivity index (χ3v) is 14.6. The molecule has 1 saturated carbocycles.